The first kappa shape index (κ1) is 19.7. The third kappa shape index (κ3) is 5.07. The van der Waals surface area contributed by atoms with Crippen LogP contribution in [0.4, 0.5) is 0 Å². The Labute approximate surface area is 155 Å². The van der Waals surface area contributed by atoms with Crippen LogP contribution in [-0.4, -0.2) is 13.0 Å². The molecule has 0 aliphatic carbocycles. The Morgan fingerprint density at radius 1 is 0.955 bits per heavy atom. The van der Waals surface area contributed by atoms with Gasteiger partial charge in [0.2, 0.25) is 0 Å². The summed E-state index contributed by atoms with van der Waals surface area (Å²) in [7, 11) is -4.42. The molecule has 0 atom stereocenters. The van der Waals surface area contributed by atoms with Crippen LogP contribution < -0.4 is 29.6 Å². The van der Waals surface area contributed by atoms with Crippen LogP contribution in [-0.2, 0) is 16.5 Å². The summed E-state index contributed by atoms with van der Waals surface area (Å²) in [6, 6.07) is 10.8. The third-order valence-corrected chi connectivity index (χ3v) is 4.72. The zero-order valence-corrected chi connectivity index (χ0v) is 16.2. The average molecular weight is 328 g/mol. The molecule has 0 saturated heterocycles. The van der Waals surface area contributed by atoms with Crippen LogP contribution in [0.5, 0.6) is 0 Å². The van der Waals surface area contributed by atoms with Crippen molar-refractivity contribution >= 4 is 20.9 Å². The molecular formula is C17H21NaO3S. The van der Waals surface area contributed by atoms with Gasteiger partial charge < -0.3 is 4.55 Å². The van der Waals surface area contributed by atoms with Gasteiger partial charge >= 0.3 is 29.6 Å². The molecule has 2 aromatic carbocycles. The van der Waals surface area contributed by atoms with Crippen molar-refractivity contribution < 1.29 is 42.5 Å². The predicted octanol–water partition coefficient (Wildman–Crippen LogP) is 1.26. The average Bonchev–Trinajstić information content (AvgIpc) is 2.45. The number of aryl methyl sites for hydroxylation is 1. The summed E-state index contributed by atoms with van der Waals surface area (Å²) >= 11 is 0. The van der Waals surface area contributed by atoms with Gasteiger partial charge in [-0.3, -0.25) is 0 Å². The normalized spacial score (nSPS) is 11.4. The minimum absolute atomic E-state index is 0. The zero-order chi connectivity index (χ0) is 15.3. The molecule has 0 radical (unpaired) electrons. The second-order valence-corrected chi connectivity index (χ2v) is 6.73. The maximum atomic E-state index is 11.5. The summed E-state index contributed by atoms with van der Waals surface area (Å²) in [5, 5.41) is 1.86. The van der Waals surface area contributed by atoms with Crippen LogP contribution in [0.2, 0.25) is 0 Å². The molecule has 2 aromatic rings. The second kappa shape index (κ2) is 9.04. The fraction of sp³-hybridized carbons (Fsp3) is 0.412. The summed E-state index contributed by atoms with van der Waals surface area (Å²) in [4.78, 5) is -0.0586. The second-order valence-electron chi connectivity index (χ2n) is 5.38. The Morgan fingerprint density at radius 3 is 2.32 bits per heavy atom. The molecule has 22 heavy (non-hydrogen) atoms. The maximum Gasteiger partial charge on any atom is 1.00 e. The van der Waals surface area contributed by atoms with Crippen LogP contribution in [0.15, 0.2) is 41.3 Å². The van der Waals surface area contributed by atoms with Crippen molar-refractivity contribution in [3.8, 4) is 0 Å². The molecule has 0 saturated carbocycles. The Kier molecular flexibility index (Phi) is 8.08. The number of hydrogen-bond acceptors (Lipinski definition) is 3. The molecular weight excluding hydrogens is 307 g/mol. The summed E-state index contributed by atoms with van der Waals surface area (Å²) in [6.45, 7) is 2.16. The smallest absolute Gasteiger partial charge is 0.744 e. The van der Waals surface area contributed by atoms with Crippen LogP contribution in [0.25, 0.3) is 10.8 Å². The van der Waals surface area contributed by atoms with Crippen molar-refractivity contribution in [3.05, 3.63) is 42.0 Å². The van der Waals surface area contributed by atoms with Gasteiger partial charge in [-0.2, -0.15) is 0 Å². The van der Waals surface area contributed by atoms with Gasteiger partial charge in [0.15, 0.2) is 0 Å². The summed E-state index contributed by atoms with van der Waals surface area (Å²) < 4.78 is 34.4. The minimum Gasteiger partial charge on any atom is -0.744 e. The van der Waals surface area contributed by atoms with Gasteiger partial charge in [0.05, 0.1) is 4.90 Å². The first-order valence-corrected chi connectivity index (χ1v) is 8.91. The molecule has 3 nitrogen and oxygen atoms in total. The quantitative estimate of drug-likeness (QED) is 0.437. The van der Waals surface area contributed by atoms with E-state index < -0.39 is 10.1 Å². The number of benzene rings is 2. The summed E-state index contributed by atoms with van der Waals surface area (Å²) in [5.41, 5.74) is 0.680. The topological polar surface area (TPSA) is 57.2 Å². The molecule has 0 aromatic heterocycles. The maximum absolute atomic E-state index is 11.5. The van der Waals surface area contributed by atoms with Crippen molar-refractivity contribution in [2.75, 3.05) is 0 Å². The van der Waals surface area contributed by atoms with E-state index in [4.69, 9.17) is 0 Å². The first-order chi connectivity index (χ1) is 10.0. The fourth-order valence-corrected chi connectivity index (χ4v) is 3.46. The zero-order valence-electron chi connectivity index (χ0n) is 13.3. The van der Waals surface area contributed by atoms with Crippen molar-refractivity contribution in [2.24, 2.45) is 0 Å². The third-order valence-electron chi connectivity index (χ3n) is 3.80. The molecule has 0 aliphatic heterocycles. The molecule has 114 valence electrons. The van der Waals surface area contributed by atoms with E-state index in [1.165, 1.54) is 18.9 Å². The monoisotopic (exact) mass is 328 g/mol. The largest absolute Gasteiger partial charge is 1.00 e. The predicted molar refractivity (Wildman–Crippen MR) is 84.4 cm³/mol. The van der Waals surface area contributed by atoms with Crippen molar-refractivity contribution in [1.82, 2.24) is 0 Å². The number of fused-ring (bicyclic) bond motifs is 1. The van der Waals surface area contributed by atoms with Crippen LogP contribution in [0, 0.1) is 0 Å². The van der Waals surface area contributed by atoms with E-state index in [-0.39, 0.29) is 34.5 Å². The van der Waals surface area contributed by atoms with Gasteiger partial charge in [-0.15, -0.1) is 0 Å². The first-order valence-electron chi connectivity index (χ1n) is 7.50. The molecule has 0 N–H and O–H groups in total. The Hall–Kier alpha value is -0.390. The van der Waals surface area contributed by atoms with Crippen molar-refractivity contribution in [1.29, 1.82) is 0 Å². The molecule has 2 rings (SSSR count). The summed E-state index contributed by atoms with van der Waals surface area (Å²) in [6.07, 6.45) is 6.14. The van der Waals surface area contributed by atoms with Gasteiger partial charge in [0.25, 0.3) is 0 Å². The van der Waals surface area contributed by atoms with E-state index in [1.54, 1.807) is 6.07 Å². The Bertz CT molecular complexity index is 711. The summed E-state index contributed by atoms with van der Waals surface area (Å²) in [5.74, 6) is 0. The van der Waals surface area contributed by atoms with Crippen LogP contribution in [0.3, 0.4) is 0 Å². The van der Waals surface area contributed by atoms with E-state index in [2.05, 4.69) is 6.92 Å². The van der Waals surface area contributed by atoms with Crippen LogP contribution in [0.1, 0.15) is 44.6 Å². The number of hydrogen-bond donors (Lipinski definition) is 0. The molecule has 5 heteroatoms. The van der Waals surface area contributed by atoms with Gasteiger partial charge in [-0.25, -0.2) is 8.42 Å². The van der Waals surface area contributed by atoms with Crippen molar-refractivity contribution in [3.63, 3.8) is 0 Å². The van der Waals surface area contributed by atoms with Gasteiger partial charge in [0, 0.05) is 0 Å². The fourth-order valence-electron chi connectivity index (χ4n) is 2.71. The van der Waals surface area contributed by atoms with E-state index in [1.807, 2.05) is 24.3 Å². The van der Waals surface area contributed by atoms with Crippen molar-refractivity contribution in [2.45, 2.75) is 50.3 Å². The molecule has 0 bridgehead atoms. The van der Waals surface area contributed by atoms with E-state index in [0.29, 0.717) is 12.0 Å². The van der Waals surface area contributed by atoms with Gasteiger partial charge in [-0.05, 0) is 35.2 Å². The van der Waals surface area contributed by atoms with Crippen LogP contribution >= 0.6 is 0 Å². The molecule has 0 spiro atoms. The van der Waals surface area contributed by atoms with E-state index in [0.717, 1.165) is 30.0 Å². The van der Waals surface area contributed by atoms with Gasteiger partial charge in [-0.1, -0.05) is 62.9 Å². The number of rotatable bonds is 7. The SMILES string of the molecule is CCCCCCCc1c(S(=O)(=O)[O-])ccc2ccccc12.[Na+]. The molecule has 0 amide bonds. The van der Waals surface area contributed by atoms with E-state index >= 15 is 0 Å². The molecule has 0 unspecified atom stereocenters. The molecule has 0 aliphatic rings. The number of unbranched alkanes of at least 4 members (excludes halogenated alkanes) is 4. The molecule has 0 heterocycles. The van der Waals surface area contributed by atoms with Gasteiger partial charge in [0.1, 0.15) is 10.1 Å². The Morgan fingerprint density at radius 2 is 1.64 bits per heavy atom. The van der Waals surface area contributed by atoms with E-state index in [9.17, 15) is 13.0 Å². The standard InChI is InChI=1S/C17H22O3S.Na/c1-2-3-4-5-6-11-16-15-10-8-7-9-14(15)12-13-17(16)21(18,19)20;/h7-10,12-13H,2-6,11H2,1H3,(H,18,19,20);/q;+1/p-1. The molecule has 0 fully saturated rings. The Balaban J connectivity index is 0.00000242. The minimum atomic E-state index is -4.42.